The predicted octanol–water partition coefficient (Wildman–Crippen LogP) is 2.65. The van der Waals surface area contributed by atoms with Crippen LogP contribution in [0.25, 0.3) is 11.0 Å². The molecule has 0 radical (unpaired) electrons. The number of esters is 1. The van der Waals surface area contributed by atoms with Crippen LogP contribution >= 0.6 is 15.9 Å². The Bertz CT molecular complexity index is 657. The zero-order valence-corrected chi connectivity index (χ0v) is 10.8. The molecule has 0 N–H and O–H groups in total. The maximum Gasteiger partial charge on any atom is 0.337 e. The van der Waals surface area contributed by atoms with E-state index in [-0.39, 0.29) is 5.43 Å². The molecule has 0 spiro atoms. The molecule has 2 rings (SSSR count). The van der Waals surface area contributed by atoms with Gasteiger partial charge < -0.3 is 9.15 Å². The van der Waals surface area contributed by atoms with Crippen molar-refractivity contribution in [2.45, 2.75) is 6.92 Å². The highest BCUT2D eigenvalue weighted by Gasteiger charge is 2.13. The first-order valence-corrected chi connectivity index (χ1v) is 5.64. The van der Waals surface area contributed by atoms with Gasteiger partial charge in [-0.3, -0.25) is 4.79 Å². The molecule has 1 aromatic heterocycles. The topological polar surface area (TPSA) is 56.5 Å². The first-order chi connectivity index (χ1) is 8.02. The quantitative estimate of drug-likeness (QED) is 0.759. The van der Waals surface area contributed by atoms with Gasteiger partial charge in [0.25, 0.3) is 0 Å². The van der Waals surface area contributed by atoms with E-state index in [1.807, 2.05) is 0 Å². The third-order valence-corrected chi connectivity index (χ3v) is 2.92. The number of aryl methyl sites for hydroxylation is 1. The lowest BCUT2D eigenvalue weighted by Gasteiger charge is -2.04. The summed E-state index contributed by atoms with van der Waals surface area (Å²) in [7, 11) is 1.29. The van der Waals surface area contributed by atoms with Gasteiger partial charge in [-0.05, 0) is 35.0 Å². The molecule has 1 aromatic carbocycles. The van der Waals surface area contributed by atoms with E-state index in [1.165, 1.54) is 19.2 Å². The number of hydrogen-bond acceptors (Lipinski definition) is 4. The van der Waals surface area contributed by atoms with Crippen LogP contribution < -0.4 is 5.43 Å². The number of hydrogen-bond donors (Lipinski definition) is 0. The number of ether oxygens (including phenoxy) is 1. The van der Waals surface area contributed by atoms with Crippen LogP contribution in [0.3, 0.4) is 0 Å². The number of benzene rings is 1. The molecule has 0 amide bonds. The van der Waals surface area contributed by atoms with Gasteiger partial charge in [-0.15, -0.1) is 0 Å². The number of carbonyl (C=O) groups excluding carboxylic acids is 1. The molecule has 4 nitrogen and oxygen atoms in total. The van der Waals surface area contributed by atoms with Crippen LogP contribution in [0.2, 0.25) is 0 Å². The van der Waals surface area contributed by atoms with E-state index in [9.17, 15) is 9.59 Å². The number of rotatable bonds is 1. The highest BCUT2D eigenvalue weighted by Crippen LogP contribution is 2.25. The molecule has 0 atom stereocenters. The van der Waals surface area contributed by atoms with Crippen molar-refractivity contribution in [3.8, 4) is 0 Å². The monoisotopic (exact) mass is 296 g/mol. The van der Waals surface area contributed by atoms with E-state index in [0.29, 0.717) is 26.8 Å². The molecule has 2 aromatic rings. The van der Waals surface area contributed by atoms with Gasteiger partial charge in [0.1, 0.15) is 5.76 Å². The molecule has 88 valence electrons. The van der Waals surface area contributed by atoms with Gasteiger partial charge in [0.2, 0.25) is 0 Å². The van der Waals surface area contributed by atoms with E-state index in [1.54, 1.807) is 13.0 Å². The van der Waals surface area contributed by atoms with Crippen LogP contribution in [-0.4, -0.2) is 13.1 Å². The Balaban J connectivity index is 2.82. The molecular formula is C12H9BrO4. The first kappa shape index (κ1) is 11.9. The smallest absolute Gasteiger partial charge is 0.337 e. The molecule has 5 heteroatoms. The fourth-order valence-corrected chi connectivity index (χ4v) is 2.11. The zero-order valence-electron chi connectivity index (χ0n) is 9.24. The molecule has 0 unspecified atom stereocenters. The van der Waals surface area contributed by atoms with E-state index in [2.05, 4.69) is 20.7 Å². The summed E-state index contributed by atoms with van der Waals surface area (Å²) in [5.41, 5.74) is 0.556. The fraction of sp³-hybridized carbons (Fsp3) is 0.167. The fourth-order valence-electron chi connectivity index (χ4n) is 1.57. The van der Waals surface area contributed by atoms with Gasteiger partial charge in [0, 0.05) is 6.07 Å². The van der Waals surface area contributed by atoms with Crippen LogP contribution in [0.5, 0.6) is 0 Å². The highest BCUT2D eigenvalue weighted by molar-refractivity contribution is 9.10. The summed E-state index contributed by atoms with van der Waals surface area (Å²) in [6, 6.07) is 4.42. The van der Waals surface area contributed by atoms with Gasteiger partial charge in [-0.2, -0.15) is 0 Å². The molecule has 0 aliphatic carbocycles. The maximum atomic E-state index is 11.8. The Labute approximate surface area is 105 Å². The van der Waals surface area contributed by atoms with Crippen LogP contribution in [0, 0.1) is 6.92 Å². The molecule has 0 bridgehead atoms. The summed E-state index contributed by atoms with van der Waals surface area (Å²) >= 11 is 3.27. The SMILES string of the molecule is COC(=O)c1cc(Br)c2oc(C)cc(=O)c2c1. The van der Waals surface area contributed by atoms with Crippen molar-refractivity contribution in [2.75, 3.05) is 7.11 Å². The van der Waals surface area contributed by atoms with Crippen LogP contribution in [0.15, 0.2) is 31.9 Å². The van der Waals surface area contributed by atoms with Gasteiger partial charge in [-0.1, -0.05) is 0 Å². The van der Waals surface area contributed by atoms with E-state index < -0.39 is 5.97 Å². The maximum absolute atomic E-state index is 11.8. The minimum absolute atomic E-state index is 0.185. The number of methoxy groups -OCH3 is 1. The second-order valence-corrected chi connectivity index (χ2v) is 4.40. The minimum atomic E-state index is -0.493. The van der Waals surface area contributed by atoms with Crippen molar-refractivity contribution in [1.29, 1.82) is 0 Å². The summed E-state index contributed by atoms with van der Waals surface area (Å²) in [6.07, 6.45) is 0. The molecule has 0 aliphatic heterocycles. The molecule has 0 aliphatic rings. The number of carbonyl (C=O) groups is 1. The van der Waals surface area contributed by atoms with Gasteiger partial charge >= 0.3 is 5.97 Å². The minimum Gasteiger partial charge on any atom is -0.465 e. The average Bonchev–Trinajstić information content (AvgIpc) is 2.29. The van der Waals surface area contributed by atoms with Crippen molar-refractivity contribution in [2.24, 2.45) is 0 Å². The molecule has 0 saturated heterocycles. The van der Waals surface area contributed by atoms with Crippen LogP contribution in [-0.2, 0) is 4.74 Å². The Morgan fingerprint density at radius 3 is 2.71 bits per heavy atom. The summed E-state index contributed by atoms with van der Waals surface area (Å²) < 4.78 is 10.6. The molecule has 0 fully saturated rings. The lowest BCUT2D eigenvalue weighted by Crippen LogP contribution is -2.05. The Kier molecular flexibility index (Phi) is 3.02. The normalized spacial score (nSPS) is 10.5. The Morgan fingerprint density at radius 1 is 1.35 bits per heavy atom. The van der Waals surface area contributed by atoms with Crippen molar-refractivity contribution in [1.82, 2.24) is 0 Å². The van der Waals surface area contributed by atoms with Crippen molar-refractivity contribution in [3.05, 3.63) is 44.2 Å². The van der Waals surface area contributed by atoms with Gasteiger partial charge in [0.05, 0.1) is 22.5 Å². The number of halogens is 1. The zero-order chi connectivity index (χ0) is 12.6. The van der Waals surface area contributed by atoms with Crippen molar-refractivity contribution in [3.63, 3.8) is 0 Å². The third-order valence-electron chi connectivity index (χ3n) is 2.33. The largest absolute Gasteiger partial charge is 0.465 e. The van der Waals surface area contributed by atoms with E-state index in [4.69, 9.17) is 4.42 Å². The second kappa shape index (κ2) is 4.33. The van der Waals surface area contributed by atoms with Crippen LogP contribution in [0.4, 0.5) is 0 Å². The summed E-state index contributed by atoms with van der Waals surface area (Å²) in [6.45, 7) is 1.70. The molecule has 17 heavy (non-hydrogen) atoms. The van der Waals surface area contributed by atoms with Gasteiger partial charge in [0.15, 0.2) is 11.0 Å². The Hall–Kier alpha value is -1.62. The number of fused-ring (bicyclic) bond motifs is 1. The molecule has 0 saturated carbocycles. The predicted molar refractivity (Wildman–Crippen MR) is 66.3 cm³/mol. The first-order valence-electron chi connectivity index (χ1n) is 4.85. The molecular weight excluding hydrogens is 288 g/mol. The third kappa shape index (κ3) is 2.10. The second-order valence-electron chi connectivity index (χ2n) is 3.55. The van der Waals surface area contributed by atoms with E-state index >= 15 is 0 Å². The summed E-state index contributed by atoms with van der Waals surface area (Å²) in [5, 5.41) is 0.352. The van der Waals surface area contributed by atoms with Gasteiger partial charge in [-0.25, -0.2) is 4.79 Å². The van der Waals surface area contributed by atoms with Crippen molar-refractivity contribution < 1.29 is 13.9 Å². The van der Waals surface area contributed by atoms with E-state index in [0.717, 1.165) is 0 Å². The lowest BCUT2D eigenvalue weighted by atomic mass is 10.1. The lowest BCUT2D eigenvalue weighted by molar-refractivity contribution is 0.0601. The molecule has 1 heterocycles. The van der Waals surface area contributed by atoms with Crippen molar-refractivity contribution >= 4 is 32.9 Å². The Morgan fingerprint density at radius 2 is 2.06 bits per heavy atom. The average molecular weight is 297 g/mol. The van der Waals surface area contributed by atoms with Crippen LogP contribution in [0.1, 0.15) is 16.1 Å². The highest BCUT2D eigenvalue weighted by atomic mass is 79.9. The summed E-state index contributed by atoms with van der Waals surface area (Å²) in [4.78, 5) is 23.2. The standard InChI is InChI=1S/C12H9BrO4/c1-6-3-10(14)8-4-7(12(15)16-2)5-9(13)11(8)17-6/h3-5H,1-2H3. The summed E-state index contributed by atoms with van der Waals surface area (Å²) in [5.74, 6) is 0.0293.